The maximum absolute atomic E-state index is 12.3. The highest BCUT2D eigenvalue weighted by atomic mass is 16.1. The molecule has 1 aromatic heterocycles. The molecule has 1 fully saturated rings. The van der Waals surface area contributed by atoms with Gasteiger partial charge in [-0.1, -0.05) is 12.1 Å². The molecule has 20 heavy (non-hydrogen) atoms. The first-order chi connectivity index (χ1) is 9.75. The minimum absolute atomic E-state index is 0.0267. The van der Waals surface area contributed by atoms with Crippen LogP contribution in [0.4, 0.5) is 0 Å². The Morgan fingerprint density at radius 3 is 2.75 bits per heavy atom. The predicted molar refractivity (Wildman–Crippen MR) is 80.0 cm³/mol. The molecule has 106 valence electrons. The molecule has 0 saturated carbocycles. The fraction of sp³-hybridized carbons (Fsp3) is 0.467. The third kappa shape index (κ3) is 2.59. The summed E-state index contributed by atoms with van der Waals surface area (Å²) in [7, 11) is 0. The summed E-state index contributed by atoms with van der Waals surface area (Å²) in [6.45, 7) is 7.59. The molecule has 2 heterocycles. The average molecular weight is 272 g/mol. The maximum Gasteiger partial charge on any atom is 0.272 e. The molecule has 5 nitrogen and oxygen atoms in total. The van der Waals surface area contributed by atoms with Crippen molar-refractivity contribution in [1.29, 1.82) is 0 Å². The summed E-state index contributed by atoms with van der Waals surface area (Å²) in [6.07, 6.45) is 0. The second kappa shape index (κ2) is 5.73. The number of aromatic nitrogens is 2. The van der Waals surface area contributed by atoms with Gasteiger partial charge in [0, 0.05) is 39.3 Å². The molecule has 5 heteroatoms. The van der Waals surface area contributed by atoms with Gasteiger partial charge in [0.15, 0.2) is 0 Å². The van der Waals surface area contributed by atoms with E-state index >= 15 is 0 Å². The molecule has 0 bridgehead atoms. The van der Waals surface area contributed by atoms with Crippen LogP contribution in [0.2, 0.25) is 0 Å². The molecule has 0 atom stereocenters. The van der Waals surface area contributed by atoms with E-state index < -0.39 is 0 Å². The molecule has 1 aromatic carbocycles. The van der Waals surface area contributed by atoms with Crippen molar-refractivity contribution in [3.8, 4) is 0 Å². The summed E-state index contributed by atoms with van der Waals surface area (Å²) in [4.78, 5) is 19.1. The fourth-order valence-electron chi connectivity index (χ4n) is 2.72. The molecule has 0 unspecified atom stereocenters. The van der Waals surface area contributed by atoms with Gasteiger partial charge < -0.3 is 9.88 Å². The molecule has 0 amide bonds. The van der Waals surface area contributed by atoms with E-state index in [2.05, 4.69) is 15.2 Å². The van der Waals surface area contributed by atoms with Gasteiger partial charge in [-0.25, -0.2) is 4.98 Å². The molecule has 1 saturated heterocycles. The quantitative estimate of drug-likeness (QED) is 0.889. The Hall–Kier alpha value is -1.72. The lowest BCUT2D eigenvalue weighted by molar-refractivity contribution is 0.232. The molecule has 2 aromatic rings. The Morgan fingerprint density at radius 2 is 1.95 bits per heavy atom. The Balaban J connectivity index is 1.89. The number of hydrogen-bond donors (Lipinski definition) is 1. The van der Waals surface area contributed by atoms with Crippen LogP contribution in [-0.2, 0) is 6.54 Å². The lowest BCUT2D eigenvalue weighted by Gasteiger charge is -2.27. The van der Waals surface area contributed by atoms with Gasteiger partial charge in [0.25, 0.3) is 5.56 Å². The van der Waals surface area contributed by atoms with Crippen LogP contribution in [0.3, 0.4) is 0 Å². The SMILES string of the molecule is Cc1nc2ccccc2n(CCN2CCNCC2)c1=O. The largest absolute Gasteiger partial charge is 0.314 e. The monoisotopic (exact) mass is 272 g/mol. The number of hydrogen-bond acceptors (Lipinski definition) is 4. The van der Waals surface area contributed by atoms with E-state index in [0.29, 0.717) is 5.69 Å². The molecule has 1 N–H and O–H groups in total. The van der Waals surface area contributed by atoms with Crippen LogP contribution >= 0.6 is 0 Å². The van der Waals surface area contributed by atoms with Gasteiger partial charge in [0.05, 0.1) is 11.0 Å². The zero-order valence-corrected chi connectivity index (χ0v) is 11.8. The van der Waals surface area contributed by atoms with Gasteiger partial charge in [0.2, 0.25) is 0 Å². The third-order valence-corrected chi connectivity index (χ3v) is 3.86. The van der Waals surface area contributed by atoms with Crippen molar-refractivity contribution in [2.75, 3.05) is 32.7 Å². The number of nitrogens with zero attached hydrogens (tertiary/aromatic N) is 3. The fourth-order valence-corrected chi connectivity index (χ4v) is 2.72. The van der Waals surface area contributed by atoms with Gasteiger partial charge in [-0.05, 0) is 19.1 Å². The molecule has 0 radical (unpaired) electrons. The van der Waals surface area contributed by atoms with Crippen LogP contribution in [0, 0.1) is 6.92 Å². The number of nitrogens with one attached hydrogen (secondary N) is 1. The molecule has 0 spiro atoms. The lowest BCUT2D eigenvalue weighted by atomic mass is 10.2. The van der Waals surface area contributed by atoms with Crippen LogP contribution in [0.5, 0.6) is 0 Å². The zero-order valence-electron chi connectivity index (χ0n) is 11.8. The highest BCUT2D eigenvalue weighted by molar-refractivity contribution is 5.74. The number of piperazine rings is 1. The summed E-state index contributed by atoms with van der Waals surface area (Å²) in [5.74, 6) is 0. The number of rotatable bonds is 3. The summed E-state index contributed by atoms with van der Waals surface area (Å²) in [6, 6.07) is 7.85. The van der Waals surface area contributed by atoms with Crippen LogP contribution < -0.4 is 10.9 Å². The normalized spacial score (nSPS) is 16.6. The molecular formula is C15H20N4O. The molecular weight excluding hydrogens is 252 g/mol. The standard InChI is InChI=1S/C15H20N4O/c1-12-15(20)19(11-10-18-8-6-16-7-9-18)14-5-3-2-4-13(14)17-12/h2-5,16H,6-11H2,1H3. The van der Waals surface area contributed by atoms with Gasteiger partial charge in [-0.15, -0.1) is 0 Å². The Bertz CT molecular complexity index is 658. The van der Waals surface area contributed by atoms with Gasteiger partial charge in [-0.2, -0.15) is 0 Å². The minimum atomic E-state index is 0.0267. The molecule has 3 rings (SSSR count). The van der Waals surface area contributed by atoms with E-state index in [1.54, 1.807) is 6.92 Å². The van der Waals surface area contributed by atoms with E-state index in [1.807, 2.05) is 28.8 Å². The van der Waals surface area contributed by atoms with Crippen LogP contribution in [0.1, 0.15) is 5.69 Å². The van der Waals surface area contributed by atoms with E-state index in [9.17, 15) is 4.79 Å². The average Bonchev–Trinajstić information content (AvgIpc) is 2.49. The van der Waals surface area contributed by atoms with E-state index in [0.717, 1.165) is 50.3 Å². The van der Waals surface area contributed by atoms with Crippen molar-refractivity contribution >= 4 is 11.0 Å². The Morgan fingerprint density at radius 1 is 1.20 bits per heavy atom. The van der Waals surface area contributed by atoms with E-state index in [-0.39, 0.29) is 5.56 Å². The summed E-state index contributed by atoms with van der Waals surface area (Å²) < 4.78 is 1.86. The van der Waals surface area contributed by atoms with Crippen molar-refractivity contribution in [1.82, 2.24) is 19.8 Å². The number of para-hydroxylation sites is 2. The zero-order chi connectivity index (χ0) is 13.9. The predicted octanol–water partition coefficient (Wildman–Crippen LogP) is 0.610. The van der Waals surface area contributed by atoms with Crippen molar-refractivity contribution in [3.63, 3.8) is 0 Å². The van der Waals surface area contributed by atoms with Gasteiger partial charge in [-0.3, -0.25) is 9.69 Å². The number of benzene rings is 1. The lowest BCUT2D eigenvalue weighted by Crippen LogP contribution is -2.45. The molecule has 1 aliphatic rings. The minimum Gasteiger partial charge on any atom is -0.314 e. The van der Waals surface area contributed by atoms with Crippen LogP contribution in [0.25, 0.3) is 11.0 Å². The maximum atomic E-state index is 12.3. The highest BCUT2D eigenvalue weighted by Gasteiger charge is 2.12. The number of aryl methyl sites for hydroxylation is 1. The summed E-state index contributed by atoms with van der Waals surface area (Å²) in [5, 5.41) is 3.34. The topological polar surface area (TPSA) is 50.2 Å². The first kappa shape index (κ1) is 13.3. The van der Waals surface area contributed by atoms with E-state index in [1.165, 1.54) is 0 Å². The number of fused-ring (bicyclic) bond motifs is 1. The van der Waals surface area contributed by atoms with Crippen molar-refractivity contribution < 1.29 is 0 Å². The molecule has 0 aliphatic carbocycles. The van der Waals surface area contributed by atoms with Crippen molar-refractivity contribution in [2.45, 2.75) is 13.5 Å². The second-order valence-corrected chi connectivity index (χ2v) is 5.23. The first-order valence-corrected chi connectivity index (χ1v) is 7.15. The van der Waals surface area contributed by atoms with E-state index in [4.69, 9.17) is 0 Å². The highest BCUT2D eigenvalue weighted by Crippen LogP contribution is 2.09. The van der Waals surface area contributed by atoms with Crippen LogP contribution in [0.15, 0.2) is 29.1 Å². The van der Waals surface area contributed by atoms with Crippen molar-refractivity contribution in [2.24, 2.45) is 0 Å². The third-order valence-electron chi connectivity index (χ3n) is 3.86. The Kier molecular flexibility index (Phi) is 3.80. The second-order valence-electron chi connectivity index (χ2n) is 5.23. The van der Waals surface area contributed by atoms with Gasteiger partial charge >= 0.3 is 0 Å². The first-order valence-electron chi connectivity index (χ1n) is 7.15. The van der Waals surface area contributed by atoms with Crippen LogP contribution in [-0.4, -0.2) is 47.2 Å². The summed E-state index contributed by atoms with van der Waals surface area (Å²) in [5.41, 5.74) is 2.42. The van der Waals surface area contributed by atoms with Crippen molar-refractivity contribution in [3.05, 3.63) is 40.3 Å². The smallest absolute Gasteiger partial charge is 0.272 e. The summed E-state index contributed by atoms with van der Waals surface area (Å²) >= 11 is 0. The van der Waals surface area contributed by atoms with Gasteiger partial charge in [0.1, 0.15) is 5.69 Å². The molecule has 1 aliphatic heterocycles. The Labute approximate surface area is 118 Å².